The molecule has 25 heteroatoms. The topological polar surface area (TPSA) is 432 Å². The molecule has 0 fully saturated rings. The predicted octanol–water partition coefficient (Wildman–Crippen LogP) is -0.264. The molecular weight excluding hydrogens is 1010 g/mol. The zero-order valence-corrected chi connectivity index (χ0v) is 45.0. The standard InChI is InChI=1S/C53H76N14O11/c1-6-40(68)37(10-7-21-61-51(55)56)65-48(73)35-25-32(14-17-45(35)77-4)28-42(70)39(12-9-23-63-53(59)60)67-50(75)36-26-33(15-18-46(36)78-5)29-43(71)38(11-8-22-62-52(57)58)66-49(74)34-24-31(13-16-44(34)76-3)27-41(69)30(2)64-47(72)19-20-54/h13-18,24-26,30,37-39H,6-12,19-23,27-29,54H2,1-5H3,(H,64,72)(H,65,73)(H,66,74)(H,67,75)(H4,55,56,61)(H4,57,58,62)(H4,59,60,63)/t30-,37-,38-,39-/m1/s1. The lowest BCUT2D eigenvalue weighted by molar-refractivity contribution is -0.127. The number of rotatable bonds is 35. The largest absolute Gasteiger partial charge is 0.496 e. The van der Waals surface area contributed by atoms with Crippen molar-refractivity contribution in [2.75, 3.05) is 47.5 Å². The van der Waals surface area contributed by atoms with Gasteiger partial charge in [-0.05, 0) is 98.5 Å². The molecule has 0 aliphatic carbocycles. The first-order valence-corrected chi connectivity index (χ1v) is 25.3. The molecule has 0 bridgehead atoms. The summed E-state index contributed by atoms with van der Waals surface area (Å²) >= 11 is 0. The number of ketones is 4. The van der Waals surface area contributed by atoms with Gasteiger partial charge in [0.15, 0.2) is 41.0 Å². The molecule has 0 aliphatic rings. The number of aliphatic imine (C=N–C) groups is 3. The van der Waals surface area contributed by atoms with Crippen LogP contribution in [0.4, 0.5) is 0 Å². The third-order valence-electron chi connectivity index (χ3n) is 12.2. The van der Waals surface area contributed by atoms with Gasteiger partial charge in [-0.15, -0.1) is 0 Å². The number of guanidine groups is 3. The van der Waals surface area contributed by atoms with Crippen LogP contribution in [0.1, 0.15) is 113 Å². The van der Waals surface area contributed by atoms with E-state index >= 15 is 0 Å². The number of hydrogen-bond acceptors (Lipinski definition) is 15. The second kappa shape index (κ2) is 32.7. The van der Waals surface area contributed by atoms with Crippen molar-refractivity contribution in [3.8, 4) is 17.2 Å². The SMILES string of the molecule is CCC(=O)[C@@H](CCCN=C(N)N)NC(=O)c1cc(CC(=O)[C@@H](CCCN=C(N)N)NC(=O)c2cc(CC(=O)[C@@H](CCCN=C(N)N)NC(=O)c3cc(CC(=O)[C@@H](C)NC(=O)CCN)ccc3OC)ccc2OC)ccc1OC. The van der Waals surface area contributed by atoms with E-state index in [1.165, 1.54) is 57.7 Å². The van der Waals surface area contributed by atoms with Crippen molar-refractivity contribution >= 4 is 64.6 Å². The van der Waals surface area contributed by atoms with Gasteiger partial charge in [-0.1, -0.05) is 25.1 Å². The van der Waals surface area contributed by atoms with Crippen molar-refractivity contribution in [1.29, 1.82) is 0 Å². The number of methoxy groups -OCH3 is 3. The number of hydrogen-bond donors (Lipinski definition) is 11. The molecule has 0 radical (unpaired) electrons. The predicted molar refractivity (Wildman–Crippen MR) is 295 cm³/mol. The van der Waals surface area contributed by atoms with Crippen LogP contribution in [0.5, 0.6) is 17.2 Å². The molecule has 4 atom stereocenters. The maximum Gasteiger partial charge on any atom is 0.255 e. The Morgan fingerprint density at radius 2 is 0.808 bits per heavy atom. The van der Waals surface area contributed by atoms with Gasteiger partial charge in [-0.25, -0.2) is 0 Å². The monoisotopic (exact) mass is 1080 g/mol. The molecule has 0 spiro atoms. The summed E-state index contributed by atoms with van der Waals surface area (Å²) in [5.41, 5.74) is 39.8. The van der Waals surface area contributed by atoms with Gasteiger partial charge in [0, 0.05) is 58.3 Å². The van der Waals surface area contributed by atoms with Gasteiger partial charge >= 0.3 is 0 Å². The highest BCUT2D eigenvalue weighted by molar-refractivity contribution is 6.03. The van der Waals surface area contributed by atoms with Gasteiger partial charge in [-0.3, -0.25) is 53.3 Å². The molecule has 0 unspecified atom stereocenters. The molecule has 4 amide bonds. The minimum absolute atomic E-state index is 0.0135. The highest BCUT2D eigenvalue weighted by Crippen LogP contribution is 2.25. The number of amides is 4. The number of Topliss-reactive ketones (excluding diaryl/α,β-unsaturated/α-hetero) is 4. The number of nitrogens with one attached hydrogen (secondary N) is 4. The Morgan fingerprint density at radius 3 is 1.10 bits per heavy atom. The molecule has 78 heavy (non-hydrogen) atoms. The van der Waals surface area contributed by atoms with Gasteiger partial charge in [0.25, 0.3) is 17.7 Å². The fraction of sp³-hybridized carbons (Fsp3) is 0.453. The van der Waals surface area contributed by atoms with Crippen LogP contribution in [0.25, 0.3) is 0 Å². The summed E-state index contributed by atoms with van der Waals surface area (Å²) in [6.45, 7) is 3.88. The number of ether oxygens (including phenoxy) is 3. The van der Waals surface area contributed by atoms with Gasteiger partial charge in [-0.2, -0.15) is 0 Å². The molecule has 0 saturated heterocycles. The van der Waals surface area contributed by atoms with Crippen LogP contribution < -0.4 is 75.6 Å². The van der Waals surface area contributed by atoms with Crippen LogP contribution in [0.2, 0.25) is 0 Å². The lowest BCUT2D eigenvalue weighted by Crippen LogP contribution is -2.42. The number of carbonyl (C=O) groups is 8. The molecule has 18 N–H and O–H groups in total. The zero-order valence-electron chi connectivity index (χ0n) is 45.0. The first kappa shape index (κ1) is 63.7. The minimum Gasteiger partial charge on any atom is -0.496 e. The second-order valence-corrected chi connectivity index (χ2v) is 18.1. The average Bonchev–Trinajstić information content (AvgIpc) is 3.41. The summed E-state index contributed by atoms with van der Waals surface area (Å²) in [6.07, 6.45) is 0.953. The van der Waals surface area contributed by atoms with E-state index in [0.717, 1.165) is 0 Å². The molecule has 0 heterocycles. The first-order chi connectivity index (χ1) is 37.1. The van der Waals surface area contributed by atoms with E-state index in [1.807, 2.05) is 0 Å². The Bertz CT molecular complexity index is 2680. The van der Waals surface area contributed by atoms with Crippen LogP contribution in [0.3, 0.4) is 0 Å². The lowest BCUT2D eigenvalue weighted by Gasteiger charge is -2.21. The smallest absolute Gasteiger partial charge is 0.255 e. The normalized spacial score (nSPS) is 12.2. The molecular formula is C53H76N14O11. The maximum atomic E-state index is 14.3. The minimum atomic E-state index is -1.12. The van der Waals surface area contributed by atoms with Crippen molar-refractivity contribution < 1.29 is 52.6 Å². The van der Waals surface area contributed by atoms with Crippen LogP contribution in [-0.2, 0) is 43.2 Å². The number of nitrogens with two attached hydrogens (primary N) is 7. The molecule has 3 aromatic rings. The third kappa shape index (κ3) is 21.2. The van der Waals surface area contributed by atoms with Crippen molar-refractivity contribution in [3.63, 3.8) is 0 Å². The molecule has 424 valence electrons. The molecule has 25 nitrogen and oxygen atoms in total. The summed E-state index contributed by atoms with van der Waals surface area (Å²) in [4.78, 5) is 120. The Labute approximate surface area is 453 Å². The van der Waals surface area contributed by atoms with Gasteiger partial charge in [0.05, 0.1) is 62.2 Å². The highest BCUT2D eigenvalue weighted by atomic mass is 16.5. The lowest BCUT2D eigenvalue weighted by atomic mass is 9.96. The number of nitrogens with zero attached hydrogens (tertiary/aromatic N) is 3. The second-order valence-electron chi connectivity index (χ2n) is 18.1. The quantitative estimate of drug-likeness (QED) is 0.0205. The molecule has 3 rings (SSSR count). The Kier molecular flexibility index (Phi) is 26.7. The molecule has 0 aromatic heterocycles. The average molecular weight is 1090 g/mol. The van der Waals surface area contributed by atoms with Crippen LogP contribution in [0.15, 0.2) is 69.6 Å². The molecule has 0 aliphatic heterocycles. The van der Waals surface area contributed by atoms with Crippen molar-refractivity contribution in [2.24, 2.45) is 55.1 Å². The van der Waals surface area contributed by atoms with Gasteiger partial charge in [0.1, 0.15) is 17.2 Å². The summed E-state index contributed by atoms with van der Waals surface area (Å²) in [5, 5.41) is 11.0. The van der Waals surface area contributed by atoms with E-state index < -0.39 is 53.5 Å². The van der Waals surface area contributed by atoms with Crippen LogP contribution in [0, 0.1) is 0 Å². The van der Waals surface area contributed by atoms with E-state index in [0.29, 0.717) is 23.1 Å². The Morgan fingerprint density at radius 1 is 0.487 bits per heavy atom. The van der Waals surface area contributed by atoms with Gasteiger partial charge < -0.3 is 75.6 Å². The van der Waals surface area contributed by atoms with Crippen molar-refractivity contribution in [3.05, 3.63) is 88.0 Å². The van der Waals surface area contributed by atoms with Crippen LogP contribution >= 0.6 is 0 Å². The molecule has 3 aromatic carbocycles. The van der Waals surface area contributed by atoms with E-state index in [1.54, 1.807) is 32.0 Å². The summed E-state index contributed by atoms with van der Waals surface area (Å²) in [6, 6.07) is 9.81. The van der Waals surface area contributed by atoms with Gasteiger partial charge in [0.2, 0.25) is 5.91 Å². The van der Waals surface area contributed by atoms with E-state index in [2.05, 4.69) is 36.2 Å². The zero-order chi connectivity index (χ0) is 57.9. The Balaban J connectivity index is 1.92. The summed E-state index contributed by atoms with van der Waals surface area (Å²) in [7, 11) is 4.09. The van der Waals surface area contributed by atoms with E-state index in [9.17, 15) is 38.4 Å². The fourth-order valence-corrected chi connectivity index (χ4v) is 8.06. The number of carbonyl (C=O) groups excluding carboxylic acids is 8. The fourth-order valence-electron chi connectivity index (χ4n) is 8.06. The Hall–Kier alpha value is -8.61. The van der Waals surface area contributed by atoms with Crippen LogP contribution in [-0.4, -0.2) is 136 Å². The maximum absolute atomic E-state index is 14.3. The highest BCUT2D eigenvalue weighted by Gasteiger charge is 2.28. The first-order valence-electron chi connectivity index (χ1n) is 25.3. The van der Waals surface area contributed by atoms with E-state index in [-0.39, 0.29) is 160 Å². The van der Waals surface area contributed by atoms with Crippen molar-refractivity contribution in [2.45, 2.75) is 109 Å². The van der Waals surface area contributed by atoms with Crippen molar-refractivity contribution in [1.82, 2.24) is 21.3 Å². The summed E-state index contributed by atoms with van der Waals surface area (Å²) < 4.78 is 16.5. The molecule has 0 saturated carbocycles. The third-order valence-corrected chi connectivity index (χ3v) is 12.2. The van der Waals surface area contributed by atoms with E-state index in [4.69, 9.17) is 54.3 Å². The number of benzene rings is 3. The summed E-state index contributed by atoms with van der Waals surface area (Å²) in [5.74, 6) is -3.76.